The van der Waals surface area contributed by atoms with Crippen LogP contribution in [0.15, 0.2) is 11.3 Å². The summed E-state index contributed by atoms with van der Waals surface area (Å²) in [5.41, 5.74) is 0.569. The van der Waals surface area contributed by atoms with E-state index in [-0.39, 0.29) is 18.0 Å². The highest BCUT2D eigenvalue weighted by Gasteiger charge is 2.42. The van der Waals surface area contributed by atoms with Crippen molar-refractivity contribution < 1.29 is 23.7 Å². The zero-order valence-electron chi connectivity index (χ0n) is 11.3. The van der Waals surface area contributed by atoms with Crippen molar-refractivity contribution in [1.29, 1.82) is 0 Å². The number of ether oxygens (including phenoxy) is 3. The summed E-state index contributed by atoms with van der Waals surface area (Å²) in [5.74, 6) is -0.413. The van der Waals surface area contributed by atoms with Crippen LogP contribution in [-0.2, 0) is 14.2 Å². The normalized spacial score (nSPS) is 37.6. The third-order valence-electron chi connectivity index (χ3n) is 3.43. The predicted octanol–water partition coefficient (Wildman–Crippen LogP) is 1.92. The van der Waals surface area contributed by atoms with Crippen molar-refractivity contribution in [2.75, 3.05) is 6.61 Å². The monoisotopic (exact) mass is 260 g/mol. The molecule has 1 N–H and O–H groups in total. The number of aliphatic hydroxyl groups excluding tert-OH is 1. The second-order valence-corrected chi connectivity index (χ2v) is 5.44. The van der Waals surface area contributed by atoms with Crippen LogP contribution in [0.25, 0.3) is 0 Å². The second kappa shape index (κ2) is 4.79. The average Bonchev–Trinajstić information content (AvgIpc) is 2.62. The van der Waals surface area contributed by atoms with Crippen molar-refractivity contribution in [2.45, 2.75) is 64.4 Å². The van der Waals surface area contributed by atoms with E-state index in [0.29, 0.717) is 18.6 Å². The van der Waals surface area contributed by atoms with Crippen molar-refractivity contribution >= 4 is 0 Å². The first-order chi connectivity index (χ1) is 8.30. The fraction of sp³-hybridized carbons (Fsp3) is 0.846. The fourth-order valence-corrected chi connectivity index (χ4v) is 2.40. The highest BCUT2D eigenvalue weighted by atomic mass is 19.1. The van der Waals surface area contributed by atoms with Gasteiger partial charge in [-0.3, -0.25) is 0 Å². The maximum absolute atomic E-state index is 13.5. The van der Waals surface area contributed by atoms with Crippen LogP contribution in [0.2, 0.25) is 0 Å². The number of halogens is 1. The minimum Gasteiger partial charge on any atom is -0.489 e. The van der Waals surface area contributed by atoms with Crippen molar-refractivity contribution in [3.05, 3.63) is 11.3 Å². The quantitative estimate of drug-likeness (QED) is 0.824. The van der Waals surface area contributed by atoms with Gasteiger partial charge in [-0.2, -0.15) is 0 Å². The number of aliphatic hydroxyl groups is 1. The van der Waals surface area contributed by atoms with Gasteiger partial charge in [0.2, 0.25) is 0 Å². The van der Waals surface area contributed by atoms with Gasteiger partial charge in [0.15, 0.2) is 12.0 Å². The molecule has 0 aromatic rings. The lowest BCUT2D eigenvalue weighted by molar-refractivity contribution is -0.158. The van der Waals surface area contributed by atoms with Crippen LogP contribution < -0.4 is 0 Å². The molecule has 5 heteroatoms. The van der Waals surface area contributed by atoms with Gasteiger partial charge < -0.3 is 19.3 Å². The minimum atomic E-state index is -1.22. The van der Waals surface area contributed by atoms with Crippen LogP contribution in [0.3, 0.4) is 0 Å². The molecule has 0 bridgehead atoms. The Balaban J connectivity index is 2.10. The van der Waals surface area contributed by atoms with Gasteiger partial charge in [-0.05, 0) is 33.3 Å². The predicted molar refractivity (Wildman–Crippen MR) is 63.7 cm³/mol. The Bertz CT molecular complexity index is 351. The van der Waals surface area contributed by atoms with Crippen LogP contribution in [0.5, 0.6) is 0 Å². The molecule has 0 radical (unpaired) electrons. The largest absolute Gasteiger partial charge is 0.489 e. The molecule has 1 fully saturated rings. The first-order valence-electron chi connectivity index (χ1n) is 6.31. The molecule has 4 atom stereocenters. The van der Waals surface area contributed by atoms with E-state index in [1.807, 2.05) is 13.8 Å². The average molecular weight is 260 g/mol. The van der Waals surface area contributed by atoms with Gasteiger partial charge in [-0.25, -0.2) is 4.39 Å². The maximum Gasteiger partial charge on any atom is 0.163 e. The number of hydrogen-bond donors (Lipinski definition) is 1. The fourth-order valence-electron chi connectivity index (χ4n) is 2.40. The molecular formula is C13H21FO4. The van der Waals surface area contributed by atoms with Crippen molar-refractivity contribution in [3.8, 4) is 0 Å². The molecule has 0 unspecified atom stereocenters. The smallest absolute Gasteiger partial charge is 0.163 e. The molecule has 0 saturated carbocycles. The summed E-state index contributed by atoms with van der Waals surface area (Å²) in [5, 5.41) is 9.96. The molecule has 18 heavy (non-hydrogen) atoms. The van der Waals surface area contributed by atoms with Crippen molar-refractivity contribution in [2.24, 2.45) is 0 Å². The number of allylic oxidation sites excluding steroid dienone is 1. The summed E-state index contributed by atoms with van der Waals surface area (Å²) in [6.45, 7) is 7.15. The van der Waals surface area contributed by atoms with E-state index < -0.39 is 18.1 Å². The van der Waals surface area contributed by atoms with Crippen LogP contribution >= 0.6 is 0 Å². The summed E-state index contributed by atoms with van der Waals surface area (Å²) < 4.78 is 30.3. The van der Waals surface area contributed by atoms with E-state index in [2.05, 4.69) is 0 Å². The first-order valence-corrected chi connectivity index (χ1v) is 6.31. The minimum absolute atomic E-state index is 0.229. The van der Waals surface area contributed by atoms with Crippen LogP contribution in [0.1, 0.15) is 34.1 Å². The molecule has 2 heterocycles. The van der Waals surface area contributed by atoms with Gasteiger partial charge in [0, 0.05) is 6.42 Å². The lowest BCUT2D eigenvalue weighted by Gasteiger charge is -2.34. The van der Waals surface area contributed by atoms with Crippen LogP contribution in [-0.4, -0.2) is 42.0 Å². The molecule has 0 aliphatic carbocycles. The maximum atomic E-state index is 13.5. The molecule has 2 rings (SSSR count). The highest BCUT2D eigenvalue weighted by Crippen LogP contribution is 2.33. The Labute approximate surface area is 107 Å². The van der Waals surface area contributed by atoms with Gasteiger partial charge in [0.05, 0.1) is 12.7 Å². The van der Waals surface area contributed by atoms with E-state index in [9.17, 15) is 9.50 Å². The summed E-state index contributed by atoms with van der Waals surface area (Å²) in [7, 11) is 0. The van der Waals surface area contributed by atoms with Gasteiger partial charge in [-0.15, -0.1) is 0 Å². The molecule has 0 aromatic heterocycles. The number of alkyl halides is 1. The highest BCUT2D eigenvalue weighted by molar-refractivity contribution is 5.18. The lowest BCUT2D eigenvalue weighted by atomic mass is 9.96. The topological polar surface area (TPSA) is 47.9 Å². The molecule has 0 aromatic carbocycles. The van der Waals surface area contributed by atoms with Gasteiger partial charge in [-0.1, -0.05) is 0 Å². The van der Waals surface area contributed by atoms with E-state index in [4.69, 9.17) is 14.2 Å². The van der Waals surface area contributed by atoms with Gasteiger partial charge in [0.1, 0.15) is 18.0 Å². The van der Waals surface area contributed by atoms with E-state index >= 15 is 0 Å². The molecular weight excluding hydrogens is 239 g/mol. The summed E-state index contributed by atoms with van der Waals surface area (Å²) in [4.78, 5) is 0. The molecule has 1 saturated heterocycles. The first kappa shape index (κ1) is 13.8. The molecule has 104 valence electrons. The van der Waals surface area contributed by atoms with Gasteiger partial charge in [0.25, 0.3) is 0 Å². The summed E-state index contributed by atoms with van der Waals surface area (Å²) in [6.07, 6.45) is -2.12. The Kier molecular flexibility index (Phi) is 3.67. The second-order valence-electron chi connectivity index (χ2n) is 5.44. The SMILES string of the molecule is CC1=C([C@H](C)F)O[C@H]([C@@H]2COC(C)(C)O2)C[C@@H]1O. The van der Waals surface area contributed by atoms with Crippen molar-refractivity contribution in [3.63, 3.8) is 0 Å². The Hall–Kier alpha value is -0.650. The summed E-state index contributed by atoms with van der Waals surface area (Å²) >= 11 is 0. The molecule has 2 aliphatic heterocycles. The zero-order valence-corrected chi connectivity index (χ0v) is 11.3. The molecule has 0 amide bonds. The van der Waals surface area contributed by atoms with Crippen LogP contribution in [0, 0.1) is 0 Å². The third-order valence-corrected chi connectivity index (χ3v) is 3.43. The molecule has 0 spiro atoms. The van der Waals surface area contributed by atoms with E-state index in [0.717, 1.165) is 0 Å². The molecule has 2 aliphatic rings. The van der Waals surface area contributed by atoms with Crippen LogP contribution in [0.4, 0.5) is 4.39 Å². The zero-order chi connectivity index (χ0) is 13.5. The lowest BCUT2D eigenvalue weighted by Crippen LogP contribution is -2.40. The van der Waals surface area contributed by atoms with Crippen molar-refractivity contribution in [1.82, 2.24) is 0 Å². The van der Waals surface area contributed by atoms with E-state index in [1.165, 1.54) is 6.92 Å². The van der Waals surface area contributed by atoms with Gasteiger partial charge >= 0.3 is 0 Å². The van der Waals surface area contributed by atoms with E-state index in [1.54, 1.807) is 6.92 Å². The number of hydrogen-bond acceptors (Lipinski definition) is 4. The third kappa shape index (κ3) is 2.68. The molecule has 4 nitrogen and oxygen atoms in total. The number of rotatable bonds is 2. The Morgan fingerprint density at radius 2 is 2.06 bits per heavy atom. The Morgan fingerprint density at radius 1 is 1.39 bits per heavy atom. The summed E-state index contributed by atoms with van der Waals surface area (Å²) in [6, 6.07) is 0. The Morgan fingerprint density at radius 3 is 2.56 bits per heavy atom. The standard InChI is InChI=1S/C13H21FO4/c1-7-9(15)5-10(17-12(7)8(2)14)11-6-16-13(3,4)18-11/h8-11,15H,5-6H2,1-4H3/t8-,9-,10-,11-/m0/s1.